The van der Waals surface area contributed by atoms with Gasteiger partial charge in [0, 0.05) is 11.3 Å². The van der Waals surface area contributed by atoms with E-state index in [1.165, 1.54) is 23.1 Å². The summed E-state index contributed by atoms with van der Waals surface area (Å²) in [6.07, 6.45) is 0. The van der Waals surface area contributed by atoms with E-state index < -0.39 is 11.2 Å². The van der Waals surface area contributed by atoms with Crippen LogP contribution in [0.1, 0.15) is 17.3 Å². The van der Waals surface area contributed by atoms with Crippen molar-refractivity contribution < 1.29 is 14.0 Å². The van der Waals surface area contributed by atoms with Crippen molar-refractivity contribution in [2.45, 2.75) is 17.4 Å². The highest BCUT2D eigenvalue weighted by atomic mass is 32.2. The molecule has 0 aliphatic heterocycles. The Morgan fingerprint density at radius 2 is 2.00 bits per heavy atom. The van der Waals surface area contributed by atoms with Crippen LogP contribution in [0.3, 0.4) is 0 Å². The van der Waals surface area contributed by atoms with E-state index in [1.54, 1.807) is 31.2 Å². The molecule has 0 spiro atoms. The molecule has 2 heterocycles. The number of anilines is 1. The van der Waals surface area contributed by atoms with Gasteiger partial charge in [-0.2, -0.15) is 0 Å². The Morgan fingerprint density at radius 3 is 2.64 bits per heavy atom. The number of thiophene rings is 1. The van der Waals surface area contributed by atoms with Gasteiger partial charge in [0.2, 0.25) is 11.8 Å². The second-order valence-electron chi connectivity index (χ2n) is 5.04. The van der Waals surface area contributed by atoms with Crippen LogP contribution >= 0.6 is 23.1 Å². The molecular weight excluding hydrogens is 360 g/mol. The Labute approximate surface area is 151 Å². The maximum atomic E-state index is 12.3. The monoisotopic (exact) mass is 374 g/mol. The summed E-state index contributed by atoms with van der Waals surface area (Å²) in [6, 6.07) is 10.1. The molecule has 0 saturated carbocycles. The van der Waals surface area contributed by atoms with Gasteiger partial charge >= 0.3 is 0 Å². The Bertz CT molecular complexity index is 875. The van der Waals surface area contributed by atoms with E-state index in [0.29, 0.717) is 22.4 Å². The quantitative estimate of drug-likeness (QED) is 0.642. The minimum absolute atomic E-state index is 0.215. The van der Waals surface area contributed by atoms with E-state index in [9.17, 15) is 9.59 Å². The fraction of sp³-hybridized carbons (Fsp3) is 0.125. The molecule has 3 rings (SSSR count). The van der Waals surface area contributed by atoms with Crippen LogP contribution in [0.5, 0.6) is 0 Å². The van der Waals surface area contributed by atoms with Crippen LogP contribution in [0, 0.1) is 0 Å². The van der Waals surface area contributed by atoms with Crippen molar-refractivity contribution in [3.63, 3.8) is 0 Å². The number of nitrogens with zero attached hydrogens (tertiary/aromatic N) is 2. The molecule has 0 radical (unpaired) electrons. The average Bonchev–Trinajstić information content (AvgIpc) is 3.26. The Hall–Kier alpha value is -2.65. The molecule has 3 N–H and O–H groups in total. The van der Waals surface area contributed by atoms with Crippen LogP contribution in [0.4, 0.5) is 5.69 Å². The molecule has 2 aromatic heterocycles. The number of hydrogen-bond acceptors (Lipinski definition) is 7. The Morgan fingerprint density at radius 1 is 1.24 bits per heavy atom. The SMILES string of the molecule is C[C@H](Sc1nnc(-c2cccs2)o1)C(=O)Nc1ccc(C(N)=O)cc1. The van der Waals surface area contributed by atoms with Crippen LogP contribution in [0.2, 0.25) is 0 Å². The van der Waals surface area contributed by atoms with Gasteiger partial charge < -0.3 is 15.5 Å². The van der Waals surface area contributed by atoms with Crippen molar-refractivity contribution in [2.75, 3.05) is 5.32 Å². The number of nitrogens with two attached hydrogens (primary N) is 1. The van der Waals surface area contributed by atoms with Gasteiger partial charge in [0.1, 0.15) is 0 Å². The molecule has 0 bridgehead atoms. The fourth-order valence-electron chi connectivity index (χ4n) is 1.92. The molecule has 9 heteroatoms. The highest BCUT2D eigenvalue weighted by Gasteiger charge is 2.19. The van der Waals surface area contributed by atoms with Gasteiger partial charge in [0.25, 0.3) is 11.1 Å². The Balaban J connectivity index is 1.60. The van der Waals surface area contributed by atoms with Gasteiger partial charge in [0.15, 0.2) is 0 Å². The highest BCUT2D eigenvalue weighted by molar-refractivity contribution is 8.00. The number of thioether (sulfide) groups is 1. The third-order valence-corrected chi connectivity index (χ3v) is 5.01. The van der Waals surface area contributed by atoms with Gasteiger partial charge in [-0.15, -0.1) is 21.5 Å². The maximum Gasteiger partial charge on any atom is 0.277 e. The summed E-state index contributed by atoms with van der Waals surface area (Å²) in [7, 11) is 0. The van der Waals surface area contributed by atoms with Gasteiger partial charge in [-0.3, -0.25) is 9.59 Å². The zero-order valence-electron chi connectivity index (χ0n) is 13.1. The van der Waals surface area contributed by atoms with Crippen molar-refractivity contribution in [1.82, 2.24) is 10.2 Å². The minimum atomic E-state index is -0.514. The van der Waals surface area contributed by atoms with E-state index >= 15 is 0 Å². The summed E-state index contributed by atoms with van der Waals surface area (Å²) < 4.78 is 5.56. The molecule has 0 aliphatic rings. The van der Waals surface area contributed by atoms with Crippen molar-refractivity contribution >= 4 is 40.6 Å². The fourth-order valence-corrected chi connectivity index (χ4v) is 3.25. The first-order chi connectivity index (χ1) is 12.0. The lowest BCUT2D eigenvalue weighted by molar-refractivity contribution is -0.115. The van der Waals surface area contributed by atoms with Crippen LogP contribution in [-0.4, -0.2) is 27.3 Å². The first kappa shape index (κ1) is 17.2. The molecule has 0 aliphatic carbocycles. The van der Waals surface area contributed by atoms with E-state index in [1.807, 2.05) is 17.5 Å². The lowest BCUT2D eigenvalue weighted by atomic mass is 10.2. The maximum absolute atomic E-state index is 12.3. The summed E-state index contributed by atoms with van der Waals surface area (Å²) in [6.45, 7) is 1.74. The largest absolute Gasteiger partial charge is 0.410 e. The lowest BCUT2D eigenvalue weighted by Crippen LogP contribution is -2.22. The van der Waals surface area contributed by atoms with E-state index in [-0.39, 0.29) is 5.91 Å². The van der Waals surface area contributed by atoms with Crippen molar-refractivity contribution in [3.8, 4) is 10.8 Å². The second-order valence-corrected chi connectivity index (χ2v) is 7.28. The first-order valence-corrected chi connectivity index (χ1v) is 9.03. The van der Waals surface area contributed by atoms with Crippen molar-refractivity contribution in [1.29, 1.82) is 0 Å². The zero-order valence-corrected chi connectivity index (χ0v) is 14.8. The first-order valence-electron chi connectivity index (χ1n) is 7.27. The minimum Gasteiger partial charge on any atom is -0.410 e. The molecule has 1 aromatic carbocycles. The Kier molecular flexibility index (Phi) is 5.15. The van der Waals surface area contributed by atoms with Gasteiger partial charge in [-0.05, 0) is 42.6 Å². The standard InChI is InChI=1S/C16H14N4O3S2/c1-9(14(22)18-11-6-4-10(5-7-11)13(17)21)25-16-20-19-15(23-16)12-3-2-8-24-12/h2-9H,1H3,(H2,17,21)(H,18,22)/t9-/m0/s1. The normalized spacial score (nSPS) is 11.9. The highest BCUT2D eigenvalue weighted by Crippen LogP contribution is 2.28. The summed E-state index contributed by atoms with van der Waals surface area (Å²) in [5.41, 5.74) is 6.14. The summed E-state index contributed by atoms with van der Waals surface area (Å²) in [5.74, 6) is -0.292. The molecule has 7 nitrogen and oxygen atoms in total. The van der Waals surface area contributed by atoms with Crippen molar-refractivity contribution in [2.24, 2.45) is 5.73 Å². The molecule has 0 saturated heterocycles. The summed E-state index contributed by atoms with van der Waals surface area (Å²) in [4.78, 5) is 24.2. The van der Waals surface area contributed by atoms with Crippen LogP contribution in [0.25, 0.3) is 10.8 Å². The molecule has 0 fully saturated rings. The average molecular weight is 374 g/mol. The van der Waals surface area contributed by atoms with E-state index in [2.05, 4.69) is 15.5 Å². The summed E-state index contributed by atoms with van der Waals surface area (Å²) in [5, 5.41) is 12.5. The number of carbonyl (C=O) groups is 2. The number of carbonyl (C=O) groups excluding carboxylic acids is 2. The number of aromatic nitrogens is 2. The molecule has 2 amide bonds. The lowest BCUT2D eigenvalue weighted by Gasteiger charge is -2.10. The molecule has 1 atom stereocenters. The van der Waals surface area contributed by atoms with Gasteiger partial charge in [-0.25, -0.2) is 0 Å². The third kappa shape index (κ3) is 4.25. The third-order valence-electron chi connectivity index (χ3n) is 3.22. The number of rotatable bonds is 6. The smallest absolute Gasteiger partial charge is 0.277 e. The number of nitrogens with one attached hydrogen (secondary N) is 1. The molecular formula is C16H14N4O3S2. The topological polar surface area (TPSA) is 111 Å². The molecule has 25 heavy (non-hydrogen) atoms. The van der Waals surface area contributed by atoms with Crippen LogP contribution in [0.15, 0.2) is 51.4 Å². The predicted octanol–water partition coefficient (Wildman–Crippen LogP) is 3.02. The molecule has 3 aromatic rings. The molecule has 128 valence electrons. The van der Waals surface area contributed by atoms with E-state index in [0.717, 1.165) is 4.88 Å². The van der Waals surface area contributed by atoms with Gasteiger partial charge in [-0.1, -0.05) is 17.8 Å². The number of benzene rings is 1. The van der Waals surface area contributed by atoms with Gasteiger partial charge in [0.05, 0.1) is 10.1 Å². The summed E-state index contributed by atoms with van der Waals surface area (Å²) >= 11 is 2.68. The van der Waals surface area contributed by atoms with E-state index in [4.69, 9.17) is 10.2 Å². The second kappa shape index (κ2) is 7.49. The zero-order chi connectivity index (χ0) is 17.8. The van der Waals surface area contributed by atoms with Crippen LogP contribution < -0.4 is 11.1 Å². The number of amides is 2. The number of hydrogen-bond donors (Lipinski definition) is 2. The number of primary amides is 1. The molecule has 0 unspecified atom stereocenters. The predicted molar refractivity (Wildman–Crippen MR) is 96.5 cm³/mol. The van der Waals surface area contributed by atoms with Crippen molar-refractivity contribution in [3.05, 3.63) is 47.3 Å². The van der Waals surface area contributed by atoms with Crippen LogP contribution in [-0.2, 0) is 4.79 Å².